The van der Waals surface area contributed by atoms with Gasteiger partial charge < -0.3 is 10.0 Å². The van der Waals surface area contributed by atoms with Gasteiger partial charge in [0.25, 0.3) is 0 Å². The van der Waals surface area contributed by atoms with Crippen molar-refractivity contribution in [3.63, 3.8) is 0 Å². The topological polar surface area (TPSA) is 41.3 Å². The van der Waals surface area contributed by atoms with Crippen LogP contribution in [0.4, 0.5) is 0 Å². The van der Waals surface area contributed by atoms with E-state index < -0.39 is 5.60 Å². The molecule has 2 unspecified atom stereocenters. The summed E-state index contributed by atoms with van der Waals surface area (Å²) < 4.78 is 2.88. The highest BCUT2D eigenvalue weighted by atomic mass is 79.9. The van der Waals surface area contributed by atoms with E-state index in [2.05, 4.69) is 46.7 Å². The molecule has 2 atom stereocenters. The lowest BCUT2D eigenvalue weighted by Gasteiger charge is -2.30. The molecule has 5 heteroatoms. The molecule has 0 aliphatic heterocycles. The van der Waals surface area contributed by atoms with Crippen LogP contribution >= 0.6 is 15.9 Å². The Bertz CT molecular complexity index is 483. The average Bonchev–Trinajstić information content (AvgIpc) is 2.75. The smallest absolute Gasteiger partial charge is 0.110 e. The predicted octanol–water partition coefficient (Wildman–Crippen LogP) is 2.85. The van der Waals surface area contributed by atoms with E-state index in [1.807, 2.05) is 18.8 Å². The predicted molar refractivity (Wildman–Crippen MR) is 84.6 cm³/mol. The molecular weight excluding hydrogens is 318 g/mol. The van der Waals surface area contributed by atoms with Gasteiger partial charge in [-0.05, 0) is 54.2 Å². The number of aliphatic hydroxyl groups is 1. The number of nitrogens with zero attached hydrogens (tertiary/aromatic N) is 3. The number of likely N-dealkylation sites (N-methyl/N-ethyl adjacent to an activating group) is 1. The van der Waals surface area contributed by atoms with E-state index >= 15 is 0 Å². The lowest BCUT2D eigenvalue weighted by Crippen LogP contribution is -2.34. The Morgan fingerprint density at radius 3 is 2.65 bits per heavy atom. The van der Waals surface area contributed by atoms with Crippen LogP contribution in [0.25, 0.3) is 0 Å². The lowest BCUT2D eigenvalue weighted by molar-refractivity contribution is -0.0102. The molecule has 20 heavy (non-hydrogen) atoms. The zero-order valence-electron chi connectivity index (χ0n) is 13.1. The minimum absolute atomic E-state index is 0.171. The lowest BCUT2D eigenvalue weighted by atomic mass is 9.87. The summed E-state index contributed by atoms with van der Waals surface area (Å²) in [6.45, 7) is 8.31. The summed E-state index contributed by atoms with van der Waals surface area (Å²) >= 11 is 3.58. The summed E-state index contributed by atoms with van der Waals surface area (Å²) in [5.41, 5.74) is 0.326. The van der Waals surface area contributed by atoms with Gasteiger partial charge in [0.05, 0.1) is 22.9 Å². The Kier molecular flexibility index (Phi) is 4.34. The van der Waals surface area contributed by atoms with Crippen LogP contribution in [0.5, 0.6) is 0 Å². The highest BCUT2D eigenvalue weighted by Gasteiger charge is 2.51. The van der Waals surface area contributed by atoms with Gasteiger partial charge in [0.2, 0.25) is 0 Å². The van der Waals surface area contributed by atoms with E-state index in [0.29, 0.717) is 0 Å². The fourth-order valence-electron chi connectivity index (χ4n) is 3.55. The number of aromatic nitrogens is 2. The van der Waals surface area contributed by atoms with Crippen molar-refractivity contribution in [1.82, 2.24) is 14.7 Å². The van der Waals surface area contributed by atoms with Crippen LogP contribution in [0.2, 0.25) is 0 Å². The maximum Gasteiger partial charge on any atom is 0.110 e. The van der Waals surface area contributed by atoms with Crippen LogP contribution in [0.15, 0.2) is 10.7 Å². The second-order valence-electron chi connectivity index (χ2n) is 7.24. The Labute approximate surface area is 130 Å². The molecule has 114 valence electrons. The van der Waals surface area contributed by atoms with E-state index in [0.717, 1.165) is 36.1 Å². The second kappa shape index (κ2) is 5.43. The molecule has 1 heterocycles. The van der Waals surface area contributed by atoms with Gasteiger partial charge >= 0.3 is 0 Å². The summed E-state index contributed by atoms with van der Waals surface area (Å²) in [5, 5.41) is 15.7. The van der Waals surface area contributed by atoms with Gasteiger partial charge in [0.15, 0.2) is 0 Å². The SMILES string of the molecule is CC1CC(C)(C)CC1(O)c1c(Br)cnn1CCN(C)C. The summed E-state index contributed by atoms with van der Waals surface area (Å²) in [6.07, 6.45) is 3.63. The third-order valence-electron chi connectivity index (χ3n) is 4.39. The van der Waals surface area contributed by atoms with Crippen molar-refractivity contribution in [2.24, 2.45) is 11.3 Å². The van der Waals surface area contributed by atoms with Crippen molar-refractivity contribution in [2.75, 3.05) is 20.6 Å². The molecule has 0 aromatic carbocycles. The quantitative estimate of drug-likeness (QED) is 0.913. The molecular formula is C15H26BrN3O. The summed E-state index contributed by atoms with van der Waals surface area (Å²) in [7, 11) is 4.10. The molecule has 0 amide bonds. The van der Waals surface area contributed by atoms with Gasteiger partial charge in [0, 0.05) is 6.54 Å². The van der Waals surface area contributed by atoms with Gasteiger partial charge in [-0.3, -0.25) is 4.68 Å². The monoisotopic (exact) mass is 343 g/mol. The Morgan fingerprint density at radius 2 is 2.15 bits per heavy atom. The highest BCUT2D eigenvalue weighted by Crippen LogP contribution is 2.53. The van der Waals surface area contributed by atoms with Crippen molar-refractivity contribution >= 4 is 15.9 Å². The largest absolute Gasteiger partial charge is 0.383 e. The van der Waals surface area contributed by atoms with E-state index in [1.165, 1.54) is 0 Å². The average molecular weight is 344 g/mol. The van der Waals surface area contributed by atoms with E-state index in [9.17, 15) is 5.11 Å². The van der Waals surface area contributed by atoms with Gasteiger partial charge in [-0.2, -0.15) is 5.10 Å². The van der Waals surface area contributed by atoms with Crippen molar-refractivity contribution in [3.8, 4) is 0 Å². The number of rotatable bonds is 4. The second-order valence-corrected chi connectivity index (χ2v) is 8.09. The molecule has 0 spiro atoms. The van der Waals surface area contributed by atoms with Gasteiger partial charge in [0.1, 0.15) is 5.60 Å². The van der Waals surface area contributed by atoms with Crippen LogP contribution in [-0.2, 0) is 12.1 Å². The molecule has 1 N–H and O–H groups in total. The number of hydrogen-bond donors (Lipinski definition) is 1. The van der Waals surface area contributed by atoms with Crippen molar-refractivity contribution in [1.29, 1.82) is 0 Å². The van der Waals surface area contributed by atoms with Crippen LogP contribution in [0.3, 0.4) is 0 Å². The molecule has 1 fully saturated rings. The molecule has 1 saturated carbocycles. The molecule has 2 rings (SSSR count). The normalized spacial score (nSPS) is 29.3. The highest BCUT2D eigenvalue weighted by molar-refractivity contribution is 9.10. The fraction of sp³-hybridized carbons (Fsp3) is 0.800. The molecule has 1 aliphatic rings. The first kappa shape index (κ1) is 16.0. The van der Waals surface area contributed by atoms with E-state index in [-0.39, 0.29) is 11.3 Å². The molecule has 1 aromatic heterocycles. The molecule has 1 aromatic rings. The first-order valence-electron chi connectivity index (χ1n) is 7.24. The molecule has 0 bridgehead atoms. The number of hydrogen-bond acceptors (Lipinski definition) is 3. The van der Waals surface area contributed by atoms with Crippen molar-refractivity contribution in [2.45, 2.75) is 45.8 Å². The maximum atomic E-state index is 11.3. The standard InChI is InChI=1S/C15H26BrN3O/c1-11-8-14(2,3)10-15(11,20)13-12(16)9-17-19(13)7-6-18(4)5/h9,11,20H,6-8,10H2,1-5H3. The van der Waals surface area contributed by atoms with Crippen LogP contribution < -0.4 is 0 Å². The Morgan fingerprint density at radius 1 is 1.50 bits per heavy atom. The third kappa shape index (κ3) is 2.95. The Balaban J connectivity index is 2.34. The summed E-state index contributed by atoms with van der Waals surface area (Å²) in [6, 6.07) is 0. The Hall–Kier alpha value is -0.390. The zero-order chi connectivity index (χ0) is 15.1. The van der Waals surface area contributed by atoms with Gasteiger partial charge in [-0.25, -0.2) is 0 Å². The van der Waals surface area contributed by atoms with Crippen molar-refractivity contribution < 1.29 is 5.11 Å². The van der Waals surface area contributed by atoms with Crippen LogP contribution in [0.1, 0.15) is 39.3 Å². The van der Waals surface area contributed by atoms with E-state index in [1.54, 1.807) is 6.20 Å². The van der Waals surface area contributed by atoms with Crippen LogP contribution in [0, 0.1) is 11.3 Å². The van der Waals surface area contributed by atoms with Crippen LogP contribution in [-0.4, -0.2) is 40.4 Å². The fourth-order valence-corrected chi connectivity index (χ4v) is 4.19. The first-order chi connectivity index (χ1) is 9.16. The minimum atomic E-state index is -0.787. The van der Waals surface area contributed by atoms with Gasteiger partial charge in [-0.15, -0.1) is 0 Å². The molecule has 0 saturated heterocycles. The zero-order valence-corrected chi connectivity index (χ0v) is 14.7. The summed E-state index contributed by atoms with van der Waals surface area (Å²) in [5.74, 6) is 0.239. The minimum Gasteiger partial charge on any atom is -0.383 e. The third-order valence-corrected chi connectivity index (χ3v) is 4.97. The maximum absolute atomic E-state index is 11.3. The first-order valence-corrected chi connectivity index (χ1v) is 8.04. The van der Waals surface area contributed by atoms with E-state index in [4.69, 9.17) is 0 Å². The summed E-state index contributed by atoms with van der Waals surface area (Å²) in [4.78, 5) is 2.13. The van der Waals surface area contributed by atoms with Crippen molar-refractivity contribution in [3.05, 3.63) is 16.4 Å². The molecule has 0 radical (unpaired) electrons. The molecule has 1 aliphatic carbocycles. The van der Waals surface area contributed by atoms with Gasteiger partial charge in [-0.1, -0.05) is 20.8 Å². The number of halogens is 1. The molecule has 4 nitrogen and oxygen atoms in total.